The van der Waals surface area contributed by atoms with Crippen molar-refractivity contribution < 1.29 is 0 Å². The van der Waals surface area contributed by atoms with Crippen LogP contribution >= 0.6 is 11.3 Å². The summed E-state index contributed by atoms with van der Waals surface area (Å²) in [4.78, 5) is 2.49. The molecule has 10 aromatic rings. The van der Waals surface area contributed by atoms with Crippen LogP contribution in [0.4, 0.5) is 17.1 Å². The van der Waals surface area contributed by atoms with E-state index in [1.807, 2.05) is 11.3 Å². The molecule has 0 saturated carbocycles. The number of rotatable bonds is 4. The van der Waals surface area contributed by atoms with E-state index >= 15 is 0 Å². The van der Waals surface area contributed by atoms with Crippen LogP contribution in [0.1, 0.15) is 0 Å². The second-order valence-electron chi connectivity index (χ2n) is 12.5. The van der Waals surface area contributed by atoms with Crippen LogP contribution in [-0.2, 0) is 0 Å². The maximum Gasteiger partial charge on any atom is 0.0554 e. The smallest absolute Gasteiger partial charge is 0.0554 e. The number of nitrogens with zero attached hydrogens (tertiary/aromatic N) is 1. The second kappa shape index (κ2) is 10.8. The van der Waals surface area contributed by atoms with Crippen LogP contribution in [0.15, 0.2) is 176 Å². The Labute approximate surface area is 282 Å². The summed E-state index contributed by atoms with van der Waals surface area (Å²) < 4.78 is 2.61. The molecule has 0 saturated heterocycles. The summed E-state index contributed by atoms with van der Waals surface area (Å²) in [5.41, 5.74) is 5.88. The Hall–Kier alpha value is -5.96. The number of hydrogen-bond donors (Lipinski definition) is 0. The van der Waals surface area contributed by atoms with E-state index in [1.54, 1.807) is 0 Å². The van der Waals surface area contributed by atoms with E-state index in [0.717, 1.165) is 5.69 Å². The molecule has 0 unspecified atom stereocenters. The Kier molecular flexibility index (Phi) is 6.12. The molecular formula is C46H29NS. The Bertz CT molecular complexity index is 2850. The number of hydrogen-bond acceptors (Lipinski definition) is 2. The molecule has 224 valence electrons. The lowest BCUT2D eigenvalue weighted by Crippen LogP contribution is -2.11. The average Bonchev–Trinajstić information content (AvgIpc) is 3.54. The fourth-order valence-electron chi connectivity index (χ4n) is 7.65. The molecular weight excluding hydrogens is 599 g/mol. The molecule has 1 nitrogen and oxygen atoms in total. The quantitative estimate of drug-likeness (QED) is 0.176. The topological polar surface area (TPSA) is 3.24 Å². The van der Waals surface area contributed by atoms with Gasteiger partial charge in [0, 0.05) is 36.6 Å². The molecule has 1 heterocycles. The molecule has 0 aliphatic rings. The minimum absolute atomic E-state index is 1.13. The number of fused-ring (bicyclic) bond motifs is 10. The third-order valence-electron chi connectivity index (χ3n) is 9.82. The molecule has 0 aliphatic heterocycles. The maximum atomic E-state index is 2.49. The summed E-state index contributed by atoms with van der Waals surface area (Å²) >= 11 is 1.88. The normalized spacial score (nSPS) is 11.8. The Morgan fingerprint density at radius 1 is 0.333 bits per heavy atom. The van der Waals surface area contributed by atoms with Crippen molar-refractivity contribution in [2.24, 2.45) is 0 Å². The van der Waals surface area contributed by atoms with Crippen molar-refractivity contribution in [1.29, 1.82) is 0 Å². The highest BCUT2D eigenvalue weighted by atomic mass is 32.1. The Morgan fingerprint density at radius 2 is 0.938 bits per heavy atom. The second-order valence-corrected chi connectivity index (χ2v) is 13.6. The summed E-state index contributed by atoms with van der Waals surface area (Å²) in [6.07, 6.45) is 0. The maximum absolute atomic E-state index is 2.49. The lowest BCUT2D eigenvalue weighted by atomic mass is 9.95. The van der Waals surface area contributed by atoms with E-state index < -0.39 is 0 Å². The van der Waals surface area contributed by atoms with Gasteiger partial charge in [0.05, 0.1) is 11.4 Å². The van der Waals surface area contributed by atoms with Gasteiger partial charge in [-0.3, -0.25) is 0 Å². The van der Waals surface area contributed by atoms with Gasteiger partial charge >= 0.3 is 0 Å². The van der Waals surface area contributed by atoms with Crippen molar-refractivity contribution in [2.75, 3.05) is 4.90 Å². The van der Waals surface area contributed by atoms with Gasteiger partial charge in [-0.05, 0) is 73.8 Å². The zero-order valence-corrected chi connectivity index (χ0v) is 26.9. The zero-order valence-electron chi connectivity index (χ0n) is 26.1. The first-order valence-electron chi connectivity index (χ1n) is 16.4. The van der Waals surface area contributed by atoms with Crippen molar-refractivity contribution in [2.45, 2.75) is 0 Å². The van der Waals surface area contributed by atoms with Gasteiger partial charge in [-0.1, -0.05) is 146 Å². The van der Waals surface area contributed by atoms with E-state index in [2.05, 4.69) is 181 Å². The summed E-state index contributed by atoms with van der Waals surface area (Å²) in [7, 11) is 0. The van der Waals surface area contributed by atoms with Crippen molar-refractivity contribution in [3.63, 3.8) is 0 Å². The lowest BCUT2D eigenvalue weighted by molar-refractivity contribution is 1.32. The highest BCUT2D eigenvalue weighted by molar-refractivity contribution is 7.26. The van der Waals surface area contributed by atoms with Gasteiger partial charge < -0.3 is 4.90 Å². The van der Waals surface area contributed by atoms with Crippen LogP contribution in [0.25, 0.3) is 74.4 Å². The molecule has 10 rings (SSSR count). The molecule has 0 spiro atoms. The van der Waals surface area contributed by atoms with Crippen LogP contribution in [0.5, 0.6) is 0 Å². The summed E-state index contributed by atoms with van der Waals surface area (Å²) in [5.74, 6) is 0. The van der Waals surface area contributed by atoms with E-state index in [9.17, 15) is 0 Å². The van der Waals surface area contributed by atoms with Crippen LogP contribution in [0, 0.1) is 0 Å². The van der Waals surface area contributed by atoms with Gasteiger partial charge in [-0.15, -0.1) is 11.3 Å². The Morgan fingerprint density at radius 3 is 1.83 bits per heavy atom. The molecule has 1 aromatic heterocycles. The summed E-state index contributed by atoms with van der Waals surface area (Å²) in [5, 5.41) is 12.8. The average molecular weight is 628 g/mol. The molecule has 0 fully saturated rings. The fraction of sp³-hybridized carbons (Fsp3) is 0. The fourth-order valence-corrected chi connectivity index (χ4v) is 8.81. The van der Waals surface area contributed by atoms with Crippen LogP contribution in [-0.4, -0.2) is 0 Å². The predicted octanol–water partition coefficient (Wildman–Crippen LogP) is 13.8. The molecule has 0 aliphatic carbocycles. The molecule has 0 amide bonds. The molecule has 0 atom stereocenters. The molecule has 48 heavy (non-hydrogen) atoms. The van der Waals surface area contributed by atoms with Crippen LogP contribution < -0.4 is 4.90 Å². The molecule has 0 radical (unpaired) electrons. The largest absolute Gasteiger partial charge is 0.309 e. The highest BCUT2D eigenvalue weighted by Gasteiger charge is 2.22. The number of thiophene rings is 1. The van der Waals surface area contributed by atoms with Gasteiger partial charge in [-0.25, -0.2) is 0 Å². The van der Waals surface area contributed by atoms with Crippen molar-refractivity contribution in [1.82, 2.24) is 0 Å². The van der Waals surface area contributed by atoms with Crippen molar-refractivity contribution in [3.05, 3.63) is 176 Å². The third kappa shape index (κ3) is 4.17. The van der Waals surface area contributed by atoms with E-state index in [4.69, 9.17) is 0 Å². The van der Waals surface area contributed by atoms with Gasteiger partial charge in [0.25, 0.3) is 0 Å². The van der Waals surface area contributed by atoms with Crippen molar-refractivity contribution >= 4 is 91.7 Å². The molecule has 0 N–H and O–H groups in total. The summed E-state index contributed by atoms with van der Waals surface area (Å²) in [6.45, 7) is 0. The third-order valence-corrected chi connectivity index (χ3v) is 10.9. The lowest BCUT2D eigenvalue weighted by Gasteiger charge is -2.29. The predicted molar refractivity (Wildman–Crippen MR) is 209 cm³/mol. The van der Waals surface area contributed by atoms with E-state index in [1.165, 1.54) is 85.8 Å². The van der Waals surface area contributed by atoms with Crippen LogP contribution in [0.2, 0.25) is 0 Å². The van der Waals surface area contributed by atoms with Crippen LogP contribution in [0.3, 0.4) is 0 Å². The summed E-state index contributed by atoms with van der Waals surface area (Å²) in [6, 6.07) is 64.5. The SMILES string of the molecule is c1ccc(-c2cccc(N(c3cccc4c3ccc3c5ccccc5ccc43)c3cc4sc5ccccc5c4c4ccccc34)c2)cc1. The number of anilines is 3. The van der Waals surface area contributed by atoms with Crippen molar-refractivity contribution in [3.8, 4) is 11.1 Å². The van der Waals surface area contributed by atoms with E-state index in [0.29, 0.717) is 0 Å². The molecule has 2 heteroatoms. The molecule has 9 aromatic carbocycles. The monoisotopic (exact) mass is 627 g/mol. The minimum Gasteiger partial charge on any atom is -0.309 e. The zero-order chi connectivity index (χ0) is 31.6. The number of benzene rings is 9. The minimum atomic E-state index is 1.13. The molecule has 0 bridgehead atoms. The van der Waals surface area contributed by atoms with Gasteiger partial charge in [0.2, 0.25) is 0 Å². The first kappa shape index (κ1) is 27.2. The highest BCUT2D eigenvalue weighted by Crippen LogP contribution is 2.48. The van der Waals surface area contributed by atoms with E-state index in [-0.39, 0.29) is 0 Å². The Balaban J connectivity index is 1.31. The first-order chi connectivity index (χ1) is 23.8. The standard InChI is InChI=1S/C46H29NS/c1-2-12-30(13-3-1)32-15-10-16-33(28-32)47(43-29-45-46(40-19-7-6-18-38(40)43)41-20-8-9-23-44(41)48-45)42-22-11-21-35-37-25-24-31-14-4-5-17-34(31)36(37)26-27-39(35)42/h1-29H. The van der Waals surface area contributed by atoms with Gasteiger partial charge in [-0.2, -0.15) is 0 Å². The van der Waals surface area contributed by atoms with Gasteiger partial charge in [0.15, 0.2) is 0 Å². The van der Waals surface area contributed by atoms with Gasteiger partial charge in [0.1, 0.15) is 0 Å². The first-order valence-corrected chi connectivity index (χ1v) is 17.3.